The Morgan fingerprint density at radius 1 is 1.19 bits per heavy atom. The van der Waals surface area contributed by atoms with E-state index in [1.165, 1.54) is 19.2 Å². The fourth-order valence-corrected chi connectivity index (χ4v) is 2.52. The summed E-state index contributed by atoms with van der Waals surface area (Å²) in [6.45, 7) is -0.00469. The molecule has 0 radical (unpaired) electrons. The van der Waals surface area contributed by atoms with E-state index in [2.05, 4.69) is 20.2 Å². The number of carbonyl (C=O) groups is 1. The Morgan fingerprint density at radius 3 is 2.52 bits per heavy atom. The van der Waals surface area contributed by atoms with Crippen molar-refractivity contribution in [1.82, 2.24) is 25.5 Å². The smallest absolute Gasteiger partial charge is 0.356 e. The number of carbonyl (C=O) groups excluding carboxylic acids is 1. The number of hydrogen-bond acceptors (Lipinski definition) is 3. The van der Waals surface area contributed by atoms with Crippen molar-refractivity contribution in [2.24, 2.45) is 0 Å². The summed E-state index contributed by atoms with van der Waals surface area (Å²) in [4.78, 5) is 17.9. The fourth-order valence-electron chi connectivity index (χ4n) is 2.52. The zero-order valence-corrected chi connectivity index (χ0v) is 13.5. The molecule has 3 aromatic rings. The van der Waals surface area contributed by atoms with Gasteiger partial charge in [0.1, 0.15) is 17.9 Å². The summed E-state index contributed by atoms with van der Waals surface area (Å²) in [5, 5.41) is 8.29. The zero-order chi connectivity index (χ0) is 20.0. The summed E-state index contributed by atoms with van der Waals surface area (Å²) in [6, 6.07) is 1.97. The van der Waals surface area contributed by atoms with Crippen molar-refractivity contribution in [2.45, 2.75) is 19.3 Å². The second-order valence-electron chi connectivity index (χ2n) is 5.66. The van der Waals surface area contributed by atoms with Crippen LogP contribution < -0.4 is 5.32 Å². The molecule has 0 saturated heterocycles. The van der Waals surface area contributed by atoms with E-state index in [9.17, 15) is 31.1 Å². The van der Waals surface area contributed by atoms with Crippen LogP contribution in [0.2, 0.25) is 0 Å². The third-order valence-corrected chi connectivity index (χ3v) is 3.79. The van der Waals surface area contributed by atoms with Gasteiger partial charge in [-0.3, -0.25) is 9.89 Å². The standard InChI is InChI=1S/C15H11F6N5O/c1-6-8(4-22-10(6)13(27)23-5-14(16,17)18)11-7-2-3-9(15(19,20)21)24-12(7)26-25-11/h2-4,22H,5H2,1H3,(H,23,27)(H,24,25,26). The van der Waals surface area contributed by atoms with E-state index >= 15 is 0 Å². The number of aromatic nitrogens is 4. The van der Waals surface area contributed by atoms with Gasteiger partial charge in [-0.1, -0.05) is 0 Å². The lowest BCUT2D eigenvalue weighted by atomic mass is 10.1. The van der Waals surface area contributed by atoms with Crippen LogP contribution in [0.3, 0.4) is 0 Å². The molecule has 0 saturated carbocycles. The van der Waals surface area contributed by atoms with Crippen molar-refractivity contribution < 1.29 is 31.1 Å². The van der Waals surface area contributed by atoms with Crippen molar-refractivity contribution in [3.05, 3.63) is 35.3 Å². The number of rotatable bonds is 3. The molecule has 0 fully saturated rings. The highest BCUT2D eigenvalue weighted by molar-refractivity contribution is 5.98. The second kappa shape index (κ2) is 6.28. The quantitative estimate of drug-likeness (QED) is 0.597. The number of aromatic amines is 2. The molecule has 3 rings (SSSR count). The number of alkyl halides is 6. The summed E-state index contributed by atoms with van der Waals surface area (Å²) >= 11 is 0. The number of fused-ring (bicyclic) bond motifs is 1. The van der Waals surface area contributed by atoms with E-state index in [1.807, 2.05) is 0 Å². The Kier molecular flexibility index (Phi) is 4.36. The molecule has 3 N–H and O–H groups in total. The Bertz CT molecular complexity index is 1000. The van der Waals surface area contributed by atoms with Crippen LogP contribution in [0.4, 0.5) is 26.3 Å². The van der Waals surface area contributed by atoms with E-state index in [1.54, 1.807) is 5.32 Å². The highest BCUT2D eigenvalue weighted by Gasteiger charge is 2.33. The Balaban J connectivity index is 1.94. The number of nitrogens with one attached hydrogen (secondary N) is 3. The lowest BCUT2D eigenvalue weighted by molar-refractivity contribution is -0.141. The minimum Gasteiger partial charge on any atom is -0.356 e. The van der Waals surface area contributed by atoms with Crippen molar-refractivity contribution in [3.8, 4) is 11.3 Å². The van der Waals surface area contributed by atoms with Gasteiger partial charge in [0.05, 0.1) is 5.69 Å². The SMILES string of the molecule is Cc1c(-c2[nH]nc3nc(C(F)(F)F)ccc23)c[nH]c1C(=O)NCC(F)(F)F. The number of halogens is 6. The largest absolute Gasteiger partial charge is 0.433 e. The Hall–Kier alpha value is -3.05. The van der Waals surface area contributed by atoms with Crippen LogP contribution in [-0.4, -0.2) is 38.8 Å². The average Bonchev–Trinajstić information content (AvgIpc) is 3.13. The van der Waals surface area contributed by atoms with Crippen molar-refractivity contribution in [2.75, 3.05) is 6.54 Å². The first-order valence-corrected chi connectivity index (χ1v) is 7.43. The molecule has 0 atom stereocenters. The van der Waals surface area contributed by atoms with Crippen LogP contribution in [0, 0.1) is 6.92 Å². The van der Waals surface area contributed by atoms with Gasteiger partial charge in [-0.2, -0.15) is 31.4 Å². The highest BCUT2D eigenvalue weighted by Crippen LogP contribution is 2.33. The molecule has 0 bridgehead atoms. The lowest BCUT2D eigenvalue weighted by Gasteiger charge is -2.08. The third kappa shape index (κ3) is 3.73. The molecule has 144 valence electrons. The van der Waals surface area contributed by atoms with Crippen LogP contribution in [0.15, 0.2) is 18.3 Å². The first-order chi connectivity index (χ1) is 12.5. The van der Waals surface area contributed by atoms with Gasteiger partial charge in [0.15, 0.2) is 5.65 Å². The summed E-state index contributed by atoms with van der Waals surface area (Å²) < 4.78 is 74.9. The molecule has 0 aliphatic rings. The maximum absolute atomic E-state index is 12.7. The van der Waals surface area contributed by atoms with Gasteiger partial charge in [0.2, 0.25) is 0 Å². The normalized spacial score (nSPS) is 12.6. The van der Waals surface area contributed by atoms with E-state index < -0.39 is 30.5 Å². The molecule has 12 heteroatoms. The van der Waals surface area contributed by atoms with Gasteiger partial charge in [-0.25, -0.2) is 4.98 Å². The maximum atomic E-state index is 12.7. The zero-order valence-electron chi connectivity index (χ0n) is 13.5. The van der Waals surface area contributed by atoms with E-state index in [4.69, 9.17) is 0 Å². The molecule has 1 amide bonds. The first kappa shape index (κ1) is 18.7. The number of amides is 1. The molecule has 6 nitrogen and oxygen atoms in total. The van der Waals surface area contributed by atoms with Crippen LogP contribution >= 0.6 is 0 Å². The average molecular weight is 391 g/mol. The molecule has 3 aromatic heterocycles. The molecule has 3 heterocycles. The molecule has 0 aliphatic heterocycles. The molecule has 0 aliphatic carbocycles. The number of H-pyrrole nitrogens is 2. The highest BCUT2D eigenvalue weighted by atomic mass is 19.4. The molecular formula is C15H11F6N5O. The van der Waals surface area contributed by atoms with Gasteiger partial charge < -0.3 is 10.3 Å². The molecular weight excluding hydrogens is 380 g/mol. The lowest BCUT2D eigenvalue weighted by Crippen LogP contribution is -2.34. The predicted octanol–water partition coefficient (Wildman–Crippen LogP) is 3.57. The summed E-state index contributed by atoms with van der Waals surface area (Å²) in [5.41, 5.74) is -0.419. The topological polar surface area (TPSA) is 86.5 Å². The molecule has 27 heavy (non-hydrogen) atoms. The van der Waals surface area contributed by atoms with Gasteiger partial charge in [-0.05, 0) is 24.6 Å². The molecule has 0 spiro atoms. The van der Waals surface area contributed by atoms with Gasteiger partial charge >= 0.3 is 12.4 Å². The number of hydrogen-bond donors (Lipinski definition) is 3. The van der Waals surface area contributed by atoms with Crippen LogP contribution in [0.25, 0.3) is 22.3 Å². The van der Waals surface area contributed by atoms with Gasteiger partial charge in [-0.15, -0.1) is 0 Å². The van der Waals surface area contributed by atoms with Gasteiger partial charge in [0.25, 0.3) is 5.91 Å². The van der Waals surface area contributed by atoms with Gasteiger partial charge in [0, 0.05) is 17.1 Å². The summed E-state index contributed by atoms with van der Waals surface area (Å²) in [7, 11) is 0. The minimum absolute atomic E-state index is 0.100. The first-order valence-electron chi connectivity index (χ1n) is 7.43. The third-order valence-electron chi connectivity index (χ3n) is 3.79. The maximum Gasteiger partial charge on any atom is 0.433 e. The van der Waals surface area contributed by atoms with Crippen LogP contribution in [0.1, 0.15) is 21.7 Å². The molecule has 0 aromatic carbocycles. The number of nitrogens with zero attached hydrogens (tertiary/aromatic N) is 2. The van der Waals surface area contributed by atoms with Crippen molar-refractivity contribution >= 4 is 16.9 Å². The predicted molar refractivity (Wildman–Crippen MR) is 81.8 cm³/mol. The number of pyridine rings is 1. The van der Waals surface area contributed by atoms with E-state index in [0.29, 0.717) is 11.1 Å². The Labute approximate surface area is 147 Å². The monoisotopic (exact) mass is 391 g/mol. The summed E-state index contributed by atoms with van der Waals surface area (Å²) in [5.74, 6) is -0.961. The Morgan fingerprint density at radius 2 is 1.89 bits per heavy atom. The minimum atomic E-state index is -4.62. The van der Waals surface area contributed by atoms with E-state index in [0.717, 1.165) is 6.07 Å². The summed E-state index contributed by atoms with van der Waals surface area (Å²) in [6.07, 6.45) is -7.83. The fraction of sp³-hybridized carbons (Fsp3) is 0.267. The van der Waals surface area contributed by atoms with Crippen molar-refractivity contribution in [3.63, 3.8) is 0 Å². The van der Waals surface area contributed by atoms with Crippen LogP contribution in [-0.2, 0) is 6.18 Å². The van der Waals surface area contributed by atoms with E-state index in [-0.39, 0.29) is 22.4 Å². The second-order valence-corrected chi connectivity index (χ2v) is 5.66. The molecule has 0 unspecified atom stereocenters. The van der Waals surface area contributed by atoms with Crippen molar-refractivity contribution in [1.29, 1.82) is 0 Å². The van der Waals surface area contributed by atoms with Crippen LogP contribution in [0.5, 0.6) is 0 Å².